The second-order valence-corrected chi connectivity index (χ2v) is 5.48. The molecule has 24 heavy (non-hydrogen) atoms. The monoisotopic (exact) mass is 324 g/mol. The van der Waals surface area contributed by atoms with E-state index in [0.717, 1.165) is 4.68 Å². The van der Waals surface area contributed by atoms with E-state index < -0.39 is 6.04 Å². The van der Waals surface area contributed by atoms with Crippen LogP contribution in [0.1, 0.15) is 30.2 Å². The molecule has 2 aromatic heterocycles. The summed E-state index contributed by atoms with van der Waals surface area (Å²) in [6.45, 7) is 3.05. The number of anilines is 1. The number of carbonyl (C=O) groups is 2. The van der Waals surface area contributed by atoms with Crippen LogP contribution in [0.15, 0.2) is 53.7 Å². The van der Waals surface area contributed by atoms with Crippen LogP contribution in [0.2, 0.25) is 0 Å². The quantitative estimate of drug-likeness (QED) is 0.743. The number of carbonyl (C=O) groups excluding carboxylic acids is 2. The normalized spacial score (nSPS) is 12.1. The van der Waals surface area contributed by atoms with Crippen molar-refractivity contribution in [1.29, 1.82) is 0 Å². The molecule has 0 saturated heterocycles. The zero-order chi connectivity index (χ0) is 17.3. The molecule has 3 rings (SSSR count). The summed E-state index contributed by atoms with van der Waals surface area (Å²) in [6, 6.07) is 9.26. The van der Waals surface area contributed by atoms with Gasteiger partial charge in [0.1, 0.15) is 17.9 Å². The fraction of sp³-hybridized carbons (Fsp3) is 0.176. The zero-order valence-corrected chi connectivity index (χ0v) is 13.3. The van der Waals surface area contributed by atoms with Crippen LogP contribution in [0.5, 0.6) is 0 Å². The van der Waals surface area contributed by atoms with E-state index in [-0.39, 0.29) is 17.2 Å². The van der Waals surface area contributed by atoms with Crippen LogP contribution in [0, 0.1) is 0 Å². The minimum Gasteiger partial charge on any atom is -0.324 e. The van der Waals surface area contributed by atoms with E-state index in [1.165, 1.54) is 13.3 Å². The Hall–Kier alpha value is -3.22. The molecule has 1 N–H and O–H groups in total. The summed E-state index contributed by atoms with van der Waals surface area (Å²) in [6.07, 6.45) is 3.20. The molecule has 0 fully saturated rings. The van der Waals surface area contributed by atoms with Gasteiger partial charge in [0, 0.05) is 17.4 Å². The first-order chi connectivity index (χ1) is 11.5. The number of nitrogens with one attached hydrogen (secondary N) is 1. The smallest absolute Gasteiger partial charge is 0.291 e. The van der Waals surface area contributed by atoms with Gasteiger partial charge in [-0.2, -0.15) is 5.10 Å². The van der Waals surface area contributed by atoms with E-state index >= 15 is 0 Å². The average molecular weight is 324 g/mol. The first-order valence-electron chi connectivity index (χ1n) is 7.44. The van der Waals surface area contributed by atoms with Crippen LogP contribution in [-0.4, -0.2) is 25.9 Å². The second kappa shape index (κ2) is 6.11. The Labute approximate surface area is 137 Å². The average Bonchev–Trinajstić information content (AvgIpc) is 3.04. The van der Waals surface area contributed by atoms with E-state index in [1.54, 1.807) is 53.9 Å². The van der Waals surface area contributed by atoms with E-state index in [9.17, 15) is 14.4 Å². The number of hydrogen-bond acceptors (Lipinski definition) is 4. The van der Waals surface area contributed by atoms with Gasteiger partial charge in [-0.1, -0.05) is 12.1 Å². The minimum atomic E-state index is -0.793. The van der Waals surface area contributed by atoms with Crippen molar-refractivity contribution in [2.45, 2.75) is 19.9 Å². The molecule has 0 radical (unpaired) electrons. The van der Waals surface area contributed by atoms with Crippen molar-refractivity contribution in [1.82, 2.24) is 14.2 Å². The Morgan fingerprint density at radius 2 is 2.00 bits per heavy atom. The lowest BCUT2D eigenvalue weighted by Gasteiger charge is -2.14. The van der Waals surface area contributed by atoms with Crippen LogP contribution in [0.25, 0.3) is 5.52 Å². The lowest BCUT2D eigenvalue weighted by Crippen LogP contribution is -2.34. The van der Waals surface area contributed by atoms with Gasteiger partial charge in [-0.15, -0.1) is 0 Å². The van der Waals surface area contributed by atoms with Crippen molar-refractivity contribution >= 4 is 22.9 Å². The van der Waals surface area contributed by atoms with Crippen LogP contribution in [0.3, 0.4) is 0 Å². The van der Waals surface area contributed by atoms with Gasteiger partial charge in [-0.25, -0.2) is 4.68 Å². The molecular weight excluding hydrogens is 308 g/mol. The summed E-state index contributed by atoms with van der Waals surface area (Å²) in [5.41, 5.74) is 1.10. The molecule has 122 valence electrons. The van der Waals surface area contributed by atoms with Crippen molar-refractivity contribution < 1.29 is 9.59 Å². The van der Waals surface area contributed by atoms with Crippen LogP contribution in [-0.2, 0) is 4.79 Å². The fourth-order valence-corrected chi connectivity index (χ4v) is 2.41. The van der Waals surface area contributed by atoms with Crippen LogP contribution >= 0.6 is 0 Å². The van der Waals surface area contributed by atoms with Gasteiger partial charge in [0.15, 0.2) is 5.78 Å². The third-order valence-electron chi connectivity index (χ3n) is 3.79. The molecule has 1 unspecified atom stereocenters. The summed E-state index contributed by atoms with van der Waals surface area (Å²) < 4.78 is 2.74. The number of hydrogen-bond donors (Lipinski definition) is 1. The molecule has 1 aromatic carbocycles. The maximum atomic E-state index is 12.4. The number of benzene rings is 1. The standard InChI is InChI=1S/C17H16N4O3/c1-11(21-17(24)15-7-4-8-20(15)10-18-21)16(23)19-14-6-3-5-13(9-14)12(2)22/h3-11H,1-2H3,(H,19,23). The third-order valence-corrected chi connectivity index (χ3v) is 3.79. The van der Waals surface area contributed by atoms with E-state index in [2.05, 4.69) is 10.4 Å². The summed E-state index contributed by atoms with van der Waals surface area (Å²) in [4.78, 5) is 36.2. The highest BCUT2D eigenvalue weighted by Gasteiger charge is 2.19. The molecule has 0 aliphatic rings. The molecular formula is C17H16N4O3. The highest BCUT2D eigenvalue weighted by Crippen LogP contribution is 2.13. The maximum Gasteiger partial charge on any atom is 0.291 e. The number of ketones is 1. The van der Waals surface area contributed by atoms with Crippen molar-refractivity contribution in [3.8, 4) is 0 Å². The molecule has 7 heteroatoms. The zero-order valence-electron chi connectivity index (χ0n) is 13.3. The largest absolute Gasteiger partial charge is 0.324 e. The van der Waals surface area contributed by atoms with Crippen molar-refractivity contribution in [2.75, 3.05) is 5.32 Å². The van der Waals surface area contributed by atoms with Crippen LogP contribution in [0.4, 0.5) is 5.69 Å². The topological polar surface area (TPSA) is 85.5 Å². The minimum absolute atomic E-state index is 0.0873. The summed E-state index contributed by atoms with van der Waals surface area (Å²) in [5.74, 6) is -0.475. The lowest BCUT2D eigenvalue weighted by atomic mass is 10.1. The molecule has 0 spiro atoms. The van der Waals surface area contributed by atoms with Gasteiger partial charge >= 0.3 is 0 Å². The fourth-order valence-electron chi connectivity index (χ4n) is 2.41. The molecule has 3 aromatic rings. The van der Waals surface area contributed by atoms with Crippen molar-refractivity contribution in [3.63, 3.8) is 0 Å². The van der Waals surface area contributed by atoms with Gasteiger partial charge in [-0.05, 0) is 38.1 Å². The van der Waals surface area contributed by atoms with E-state index in [1.807, 2.05) is 0 Å². The molecule has 0 aliphatic carbocycles. The number of Topliss-reactive ketones (excluding diaryl/α,β-unsaturated/α-hetero) is 1. The summed E-state index contributed by atoms with van der Waals surface area (Å²) in [5, 5.41) is 6.75. The Morgan fingerprint density at radius 3 is 2.75 bits per heavy atom. The van der Waals surface area contributed by atoms with Gasteiger partial charge in [0.05, 0.1) is 0 Å². The van der Waals surface area contributed by atoms with Crippen LogP contribution < -0.4 is 10.9 Å². The van der Waals surface area contributed by atoms with Gasteiger partial charge < -0.3 is 9.72 Å². The van der Waals surface area contributed by atoms with Gasteiger partial charge in [0.25, 0.3) is 5.56 Å². The molecule has 0 aliphatic heterocycles. The highest BCUT2D eigenvalue weighted by molar-refractivity contribution is 5.97. The molecule has 7 nitrogen and oxygen atoms in total. The summed E-state index contributed by atoms with van der Waals surface area (Å²) in [7, 11) is 0. The predicted molar refractivity (Wildman–Crippen MR) is 89.2 cm³/mol. The third kappa shape index (κ3) is 2.83. The molecule has 1 atom stereocenters. The molecule has 0 bridgehead atoms. The number of aromatic nitrogens is 3. The Kier molecular flexibility index (Phi) is 3.99. The Morgan fingerprint density at radius 1 is 1.21 bits per heavy atom. The Balaban J connectivity index is 1.86. The predicted octanol–water partition coefficient (Wildman–Crippen LogP) is 1.90. The molecule has 0 saturated carbocycles. The molecule has 2 heterocycles. The highest BCUT2D eigenvalue weighted by atomic mass is 16.2. The Bertz CT molecular complexity index is 987. The number of amides is 1. The number of fused-ring (bicyclic) bond motifs is 1. The van der Waals surface area contributed by atoms with Crippen molar-refractivity contribution in [3.05, 3.63) is 64.8 Å². The maximum absolute atomic E-state index is 12.4. The number of nitrogens with zero attached hydrogens (tertiary/aromatic N) is 3. The van der Waals surface area contributed by atoms with Gasteiger partial charge in [0.2, 0.25) is 5.91 Å². The number of rotatable bonds is 4. The molecule has 1 amide bonds. The first-order valence-corrected chi connectivity index (χ1v) is 7.44. The van der Waals surface area contributed by atoms with E-state index in [4.69, 9.17) is 0 Å². The SMILES string of the molecule is CC(=O)c1cccc(NC(=O)C(C)n2ncn3cccc3c2=O)c1. The van der Waals surface area contributed by atoms with Crippen molar-refractivity contribution in [2.24, 2.45) is 0 Å². The van der Waals surface area contributed by atoms with E-state index in [0.29, 0.717) is 16.8 Å². The summed E-state index contributed by atoms with van der Waals surface area (Å²) >= 11 is 0. The second-order valence-electron chi connectivity index (χ2n) is 5.48. The lowest BCUT2D eigenvalue weighted by molar-refractivity contribution is -0.119. The van der Waals surface area contributed by atoms with Gasteiger partial charge in [-0.3, -0.25) is 14.4 Å². The first kappa shape index (κ1) is 15.7.